The van der Waals surface area contributed by atoms with Gasteiger partial charge in [0, 0.05) is 47.7 Å². The number of fused-ring (bicyclic) bond motifs is 2. The van der Waals surface area contributed by atoms with Crippen molar-refractivity contribution in [2.45, 2.75) is 54.7 Å². The molecule has 0 aromatic heterocycles. The smallest absolute Gasteiger partial charge is 0.294 e. The highest BCUT2D eigenvalue weighted by molar-refractivity contribution is 7.86. The lowest BCUT2D eigenvalue weighted by atomic mass is 9.81. The highest BCUT2D eigenvalue weighted by atomic mass is 32.2. The van der Waals surface area contributed by atoms with E-state index in [1.807, 2.05) is 81.9 Å². The van der Waals surface area contributed by atoms with Crippen LogP contribution in [0.1, 0.15) is 45.2 Å². The average Bonchev–Trinajstić information content (AvgIpc) is 3.23. The standard InChI is InChI=1S/C31H36N2O7S2/c1-30(2)24-20-22(41(35,36)37)14-16-26(24)32(5)28(30)12-9-7-6-8-10-13-29-31(3,4)25-21-23(42(38,39)40)15-17-27(25)33(29)18-11-19-34/h6-10,12-17,20-21,34H,11,18-19H2,1-5H3,(H-,35,36,37,38,39,40)/p+1. The molecule has 0 radical (unpaired) electrons. The number of aliphatic hydroxyl groups is 1. The molecule has 2 aromatic carbocycles. The van der Waals surface area contributed by atoms with Crippen LogP contribution in [0.2, 0.25) is 0 Å². The third kappa shape index (κ3) is 5.93. The van der Waals surface area contributed by atoms with Gasteiger partial charge in [-0.05, 0) is 62.2 Å². The predicted molar refractivity (Wildman–Crippen MR) is 164 cm³/mol. The van der Waals surface area contributed by atoms with E-state index in [-0.39, 0.29) is 16.4 Å². The summed E-state index contributed by atoms with van der Waals surface area (Å²) >= 11 is 0. The molecule has 2 aromatic rings. The van der Waals surface area contributed by atoms with E-state index in [1.54, 1.807) is 12.1 Å². The van der Waals surface area contributed by atoms with E-state index >= 15 is 0 Å². The highest BCUT2D eigenvalue weighted by Gasteiger charge is 2.43. The summed E-state index contributed by atoms with van der Waals surface area (Å²) in [6.45, 7) is 8.55. The summed E-state index contributed by atoms with van der Waals surface area (Å²) in [5, 5.41) is 9.43. The van der Waals surface area contributed by atoms with Gasteiger partial charge in [-0.2, -0.15) is 21.4 Å². The van der Waals surface area contributed by atoms with Crippen molar-refractivity contribution in [3.05, 3.63) is 95.8 Å². The summed E-state index contributed by atoms with van der Waals surface area (Å²) in [6.07, 6.45) is 13.9. The molecule has 0 atom stereocenters. The van der Waals surface area contributed by atoms with Crippen LogP contribution < -0.4 is 4.90 Å². The topological polar surface area (TPSA) is 135 Å². The molecule has 224 valence electrons. The minimum absolute atomic E-state index is 0.0192. The minimum Gasteiger partial charge on any atom is -0.396 e. The Kier molecular flexibility index (Phi) is 8.56. The molecule has 0 aliphatic carbocycles. The third-order valence-electron chi connectivity index (χ3n) is 7.96. The molecule has 4 rings (SSSR count). The molecule has 0 fully saturated rings. The Morgan fingerprint density at radius 3 is 2.00 bits per heavy atom. The molecular formula is C31H37N2O7S2+. The van der Waals surface area contributed by atoms with Crippen molar-refractivity contribution in [3.63, 3.8) is 0 Å². The lowest BCUT2D eigenvalue weighted by Crippen LogP contribution is -2.27. The normalized spacial score (nSPS) is 19.1. The predicted octanol–water partition coefficient (Wildman–Crippen LogP) is 4.92. The molecule has 0 saturated heterocycles. The Morgan fingerprint density at radius 2 is 1.38 bits per heavy atom. The molecule has 3 N–H and O–H groups in total. The van der Waals surface area contributed by atoms with Gasteiger partial charge in [0.15, 0.2) is 5.71 Å². The monoisotopic (exact) mass is 613 g/mol. The van der Waals surface area contributed by atoms with Crippen molar-refractivity contribution in [2.75, 3.05) is 25.1 Å². The first-order chi connectivity index (χ1) is 19.5. The van der Waals surface area contributed by atoms with E-state index < -0.39 is 31.1 Å². The second kappa shape index (κ2) is 11.4. The van der Waals surface area contributed by atoms with Crippen LogP contribution in [0.25, 0.3) is 0 Å². The van der Waals surface area contributed by atoms with Gasteiger partial charge >= 0.3 is 0 Å². The first kappa shape index (κ1) is 31.6. The molecule has 0 amide bonds. The van der Waals surface area contributed by atoms with Gasteiger partial charge in [0.1, 0.15) is 7.05 Å². The Hall–Kier alpha value is -3.35. The van der Waals surface area contributed by atoms with Crippen molar-refractivity contribution in [2.24, 2.45) is 0 Å². The van der Waals surface area contributed by atoms with Gasteiger partial charge in [-0.3, -0.25) is 9.11 Å². The number of nitrogens with zero attached hydrogens (tertiary/aromatic N) is 2. The largest absolute Gasteiger partial charge is 0.396 e. The maximum Gasteiger partial charge on any atom is 0.294 e. The summed E-state index contributed by atoms with van der Waals surface area (Å²) in [5.41, 5.74) is 4.18. The lowest BCUT2D eigenvalue weighted by Gasteiger charge is -2.26. The SMILES string of the molecule is C[N+]1=C(/C=C/C=C/C=C/C=C2\N(CCCO)c3ccc(S(=O)(=O)O)cc3C2(C)C)C(C)(C)c2cc(S(=O)(=O)O)ccc21. The van der Waals surface area contributed by atoms with Gasteiger partial charge in [0.2, 0.25) is 5.69 Å². The number of rotatable bonds is 9. The third-order valence-corrected chi connectivity index (χ3v) is 9.66. The van der Waals surface area contributed by atoms with E-state index in [1.165, 1.54) is 24.3 Å². The van der Waals surface area contributed by atoms with E-state index in [4.69, 9.17) is 0 Å². The van der Waals surface area contributed by atoms with E-state index in [2.05, 4.69) is 4.90 Å². The van der Waals surface area contributed by atoms with Crippen molar-refractivity contribution in [3.8, 4) is 0 Å². The van der Waals surface area contributed by atoms with Crippen LogP contribution in [0, 0.1) is 0 Å². The first-order valence-corrected chi connectivity index (χ1v) is 16.3. The van der Waals surface area contributed by atoms with Crippen LogP contribution in [-0.2, 0) is 31.1 Å². The molecule has 11 heteroatoms. The summed E-state index contributed by atoms with van der Waals surface area (Å²) in [7, 11) is -6.73. The van der Waals surface area contributed by atoms with Crippen LogP contribution in [0.4, 0.5) is 11.4 Å². The molecule has 0 saturated carbocycles. The number of hydrogen-bond donors (Lipinski definition) is 3. The van der Waals surface area contributed by atoms with Gasteiger partial charge in [-0.25, -0.2) is 0 Å². The molecule has 2 aliphatic rings. The molecule has 9 nitrogen and oxygen atoms in total. The van der Waals surface area contributed by atoms with Crippen molar-refractivity contribution in [1.29, 1.82) is 0 Å². The molecular weight excluding hydrogens is 576 g/mol. The Morgan fingerprint density at radius 1 is 0.810 bits per heavy atom. The van der Waals surface area contributed by atoms with Crippen molar-refractivity contribution < 1.29 is 35.6 Å². The van der Waals surface area contributed by atoms with Crippen LogP contribution in [0.3, 0.4) is 0 Å². The van der Waals surface area contributed by atoms with E-state index in [9.17, 15) is 31.0 Å². The lowest BCUT2D eigenvalue weighted by molar-refractivity contribution is -0.401. The fourth-order valence-electron chi connectivity index (χ4n) is 5.75. The summed E-state index contributed by atoms with van der Waals surface area (Å²) in [4.78, 5) is 1.78. The number of allylic oxidation sites excluding steroid dienone is 8. The van der Waals surface area contributed by atoms with Crippen molar-refractivity contribution in [1.82, 2.24) is 0 Å². The van der Waals surface area contributed by atoms with Crippen molar-refractivity contribution >= 4 is 37.3 Å². The van der Waals surface area contributed by atoms with Gasteiger partial charge in [-0.15, -0.1) is 0 Å². The first-order valence-electron chi connectivity index (χ1n) is 13.5. The maximum atomic E-state index is 11.8. The summed E-state index contributed by atoms with van der Waals surface area (Å²) < 4.78 is 67.9. The van der Waals surface area contributed by atoms with Crippen LogP contribution in [0.5, 0.6) is 0 Å². The molecule has 2 heterocycles. The zero-order valence-electron chi connectivity index (χ0n) is 24.3. The number of hydrogen-bond acceptors (Lipinski definition) is 6. The Bertz CT molecular complexity index is 1780. The summed E-state index contributed by atoms with van der Waals surface area (Å²) in [5.74, 6) is 0. The van der Waals surface area contributed by atoms with Gasteiger partial charge < -0.3 is 10.0 Å². The van der Waals surface area contributed by atoms with Gasteiger partial charge in [0.25, 0.3) is 20.2 Å². The highest BCUT2D eigenvalue weighted by Crippen LogP contribution is 2.48. The Labute approximate surface area is 248 Å². The van der Waals surface area contributed by atoms with Gasteiger partial charge in [-0.1, -0.05) is 44.2 Å². The minimum atomic E-state index is -4.34. The fraction of sp³-hybridized carbons (Fsp3) is 0.323. The Balaban J connectivity index is 1.54. The second-order valence-corrected chi connectivity index (χ2v) is 14.3. The number of benzene rings is 2. The molecule has 42 heavy (non-hydrogen) atoms. The molecule has 0 unspecified atom stereocenters. The average molecular weight is 614 g/mol. The van der Waals surface area contributed by atoms with E-state index in [0.29, 0.717) is 13.0 Å². The fourth-order valence-corrected chi connectivity index (χ4v) is 6.76. The van der Waals surface area contributed by atoms with Gasteiger partial charge in [0.05, 0.1) is 15.2 Å². The number of aliphatic hydroxyl groups excluding tert-OH is 1. The van der Waals surface area contributed by atoms with E-state index in [0.717, 1.165) is 33.9 Å². The zero-order chi connectivity index (χ0) is 31.1. The number of anilines is 1. The maximum absolute atomic E-state index is 11.8. The molecule has 0 spiro atoms. The summed E-state index contributed by atoms with van der Waals surface area (Å²) in [6, 6.07) is 9.19. The zero-order valence-corrected chi connectivity index (χ0v) is 25.9. The second-order valence-electron chi connectivity index (χ2n) is 11.4. The quantitative estimate of drug-likeness (QED) is 0.206. The van der Waals surface area contributed by atoms with Crippen LogP contribution >= 0.6 is 0 Å². The molecule has 2 aliphatic heterocycles. The molecule has 0 bridgehead atoms. The van der Waals surface area contributed by atoms with Crippen LogP contribution in [-0.4, -0.2) is 61.5 Å². The van der Waals surface area contributed by atoms with Crippen LogP contribution in [0.15, 0.2) is 94.4 Å².